The maximum atomic E-state index is 12.3. The molecular weight excluding hydrogens is 284 g/mol. The van der Waals surface area contributed by atoms with Gasteiger partial charge < -0.3 is 14.6 Å². The number of carbonyl (C=O) groups is 2. The van der Waals surface area contributed by atoms with Gasteiger partial charge in [0.25, 0.3) is 0 Å². The van der Waals surface area contributed by atoms with Gasteiger partial charge in [-0.3, -0.25) is 14.4 Å². The van der Waals surface area contributed by atoms with E-state index in [0.29, 0.717) is 17.4 Å². The number of para-hydroxylation sites is 1. The van der Waals surface area contributed by atoms with Crippen molar-refractivity contribution in [2.24, 2.45) is 0 Å². The third-order valence-electron chi connectivity index (χ3n) is 3.52. The fourth-order valence-electron chi connectivity index (χ4n) is 2.33. The fourth-order valence-corrected chi connectivity index (χ4v) is 2.33. The zero-order valence-electron chi connectivity index (χ0n) is 12.4. The van der Waals surface area contributed by atoms with Gasteiger partial charge in [0, 0.05) is 30.7 Å². The van der Waals surface area contributed by atoms with Crippen LogP contribution in [0.3, 0.4) is 0 Å². The van der Waals surface area contributed by atoms with Crippen LogP contribution in [0.5, 0.6) is 0 Å². The first kappa shape index (κ1) is 15.8. The first-order valence-electron chi connectivity index (χ1n) is 7.10. The first-order valence-corrected chi connectivity index (χ1v) is 7.10. The minimum atomic E-state index is -0.930. The van der Waals surface area contributed by atoms with E-state index < -0.39 is 5.97 Å². The number of pyridine rings is 1. The van der Waals surface area contributed by atoms with Gasteiger partial charge in [-0.1, -0.05) is 12.1 Å². The Morgan fingerprint density at radius 2 is 1.95 bits per heavy atom. The third kappa shape index (κ3) is 3.52. The highest BCUT2D eigenvalue weighted by atomic mass is 16.4. The number of benzene rings is 1. The molecule has 0 atom stereocenters. The summed E-state index contributed by atoms with van der Waals surface area (Å²) < 4.78 is 1.71. The van der Waals surface area contributed by atoms with Gasteiger partial charge in [-0.05, 0) is 19.1 Å². The maximum absolute atomic E-state index is 12.3. The van der Waals surface area contributed by atoms with Crippen molar-refractivity contribution >= 4 is 22.8 Å². The summed E-state index contributed by atoms with van der Waals surface area (Å²) in [6.07, 6.45) is 1.51. The van der Waals surface area contributed by atoms with Crippen molar-refractivity contribution in [3.63, 3.8) is 0 Å². The summed E-state index contributed by atoms with van der Waals surface area (Å²) in [6, 6.07) is 8.53. The fraction of sp³-hybridized carbons (Fsp3) is 0.312. The Morgan fingerprint density at radius 1 is 1.23 bits per heavy atom. The van der Waals surface area contributed by atoms with E-state index in [4.69, 9.17) is 5.11 Å². The summed E-state index contributed by atoms with van der Waals surface area (Å²) in [6.45, 7) is 2.52. The molecule has 0 saturated carbocycles. The summed E-state index contributed by atoms with van der Waals surface area (Å²) in [7, 11) is 0. The monoisotopic (exact) mass is 302 g/mol. The lowest BCUT2D eigenvalue weighted by Gasteiger charge is -2.21. The van der Waals surface area contributed by atoms with Gasteiger partial charge in [0.2, 0.25) is 5.91 Å². The topological polar surface area (TPSA) is 79.6 Å². The quantitative estimate of drug-likeness (QED) is 0.873. The molecule has 1 aromatic heterocycles. The van der Waals surface area contributed by atoms with Crippen LogP contribution < -0.4 is 5.43 Å². The zero-order valence-corrected chi connectivity index (χ0v) is 12.4. The molecule has 0 aliphatic rings. The van der Waals surface area contributed by atoms with Crippen LogP contribution in [0, 0.1) is 0 Å². The second-order valence-corrected chi connectivity index (χ2v) is 4.94. The molecule has 2 aromatic rings. The van der Waals surface area contributed by atoms with Crippen LogP contribution in [0.4, 0.5) is 0 Å². The summed E-state index contributed by atoms with van der Waals surface area (Å²) in [5.41, 5.74) is 0.607. The predicted molar refractivity (Wildman–Crippen MR) is 82.7 cm³/mol. The average Bonchev–Trinajstić information content (AvgIpc) is 2.51. The van der Waals surface area contributed by atoms with Crippen molar-refractivity contribution < 1.29 is 14.7 Å². The van der Waals surface area contributed by atoms with Crippen molar-refractivity contribution in [1.29, 1.82) is 0 Å². The molecule has 0 aliphatic heterocycles. The number of rotatable bonds is 6. The number of amides is 1. The Bertz CT molecular complexity index is 751. The molecule has 6 nitrogen and oxygen atoms in total. The third-order valence-corrected chi connectivity index (χ3v) is 3.52. The van der Waals surface area contributed by atoms with E-state index in [1.54, 1.807) is 29.0 Å². The Kier molecular flexibility index (Phi) is 4.93. The number of fused-ring (bicyclic) bond motifs is 1. The SMILES string of the molecule is CCN(CCC(=O)O)C(=O)Cn1ccc(=O)c2ccccc21. The molecule has 0 saturated heterocycles. The number of hydrogen-bond donors (Lipinski definition) is 1. The van der Waals surface area contributed by atoms with Crippen molar-refractivity contribution in [2.45, 2.75) is 19.9 Å². The van der Waals surface area contributed by atoms with E-state index in [2.05, 4.69) is 0 Å². The summed E-state index contributed by atoms with van der Waals surface area (Å²) in [4.78, 5) is 36.3. The molecular formula is C16H18N2O4. The highest BCUT2D eigenvalue weighted by Gasteiger charge is 2.14. The van der Waals surface area contributed by atoms with E-state index in [1.165, 1.54) is 11.0 Å². The molecule has 0 aliphatic carbocycles. The number of nitrogens with zero attached hydrogens (tertiary/aromatic N) is 2. The number of aliphatic carboxylic acids is 1. The molecule has 6 heteroatoms. The number of carboxylic acids is 1. The van der Waals surface area contributed by atoms with Gasteiger partial charge in [0.05, 0.1) is 11.9 Å². The number of carboxylic acid groups (broad SMARTS) is 1. The Morgan fingerprint density at radius 3 is 2.64 bits per heavy atom. The van der Waals surface area contributed by atoms with Crippen LogP contribution in [0.15, 0.2) is 41.3 Å². The summed E-state index contributed by atoms with van der Waals surface area (Å²) in [5.74, 6) is -1.10. The van der Waals surface area contributed by atoms with Crippen LogP contribution in [-0.4, -0.2) is 39.5 Å². The minimum absolute atomic E-state index is 0.0776. The summed E-state index contributed by atoms with van der Waals surface area (Å²) >= 11 is 0. The molecule has 2 rings (SSSR count). The van der Waals surface area contributed by atoms with Gasteiger partial charge >= 0.3 is 5.97 Å². The lowest BCUT2D eigenvalue weighted by molar-refractivity contribution is -0.138. The van der Waals surface area contributed by atoms with Crippen LogP contribution in [-0.2, 0) is 16.1 Å². The van der Waals surface area contributed by atoms with Gasteiger partial charge in [-0.2, -0.15) is 0 Å². The van der Waals surface area contributed by atoms with Crippen molar-refractivity contribution in [1.82, 2.24) is 9.47 Å². The van der Waals surface area contributed by atoms with E-state index >= 15 is 0 Å². The van der Waals surface area contributed by atoms with Gasteiger partial charge in [-0.15, -0.1) is 0 Å². The van der Waals surface area contributed by atoms with E-state index in [1.807, 2.05) is 13.0 Å². The van der Waals surface area contributed by atoms with E-state index in [0.717, 1.165) is 0 Å². The minimum Gasteiger partial charge on any atom is -0.481 e. The molecule has 1 amide bonds. The van der Waals surface area contributed by atoms with E-state index in [-0.39, 0.29) is 30.8 Å². The molecule has 0 fully saturated rings. The summed E-state index contributed by atoms with van der Waals surface area (Å²) in [5, 5.41) is 9.28. The standard InChI is InChI=1S/C16H18N2O4/c1-2-17(10-8-16(21)22)15(20)11-18-9-7-14(19)12-5-3-4-6-13(12)18/h3-7,9H,2,8,10-11H2,1H3,(H,21,22). The van der Waals surface area contributed by atoms with Gasteiger partial charge in [-0.25, -0.2) is 0 Å². The van der Waals surface area contributed by atoms with Crippen molar-refractivity contribution in [3.05, 3.63) is 46.8 Å². The molecule has 0 unspecified atom stereocenters. The van der Waals surface area contributed by atoms with Crippen LogP contribution in [0.1, 0.15) is 13.3 Å². The Labute approximate surface area is 127 Å². The number of carbonyl (C=O) groups excluding carboxylic acids is 1. The Hall–Kier alpha value is -2.63. The normalized spacial score (nSPS) is 10.6. The van der Waals surface area contributed by atoms with Crippen molar-refractivity contribution in [3.8, 4) is 0 Å². The lowest BCUT2D eigenvalue weighted by Crippen LogP contribution is -2.35. The number of aromatic nitrogens is 1. The molecule has 0 radical (unpaired) electrons. The Balaban J connectivity index is 2.23. The molecule has 116 valence electrons. The van der Waals surface area contributed by atoms with Gasteiger partial charge in [0.1, 0.15) is 6.54 Å². The lowest BCUT2D eigenvalue weighted by atomic mass is 10.2. The molecule has 22 heavy (non-hydrogen) atoms. The highest BCUT2D eigenvalue weighted by Crippen LogP contribution is 2.10. The smallest absolute Gasteiger partial charge is 0.305 e. The molecule has 0 spiro atoms. The molecule has 0 bridgehead atoms. The van der Waals surface area contributed by atoms with Gasteiger partial charge in [0.15, 0.2) is 5.43 Å². The number of likely N-dealkylation sites (N-methyl/N-ethyl adjacent to an activating group) is 1. The van der Waals surface area contributed by atoms with Crippen molar-refractivity contribution in [2.75, 3.05) is 13.1 Å². The van der Waals surface area contributed by atoms with Crippen LogP contribution in [0.2, 0.25) is 0 Å². The average molecular weight is 302 g/mol. The van der Waals surface area contributed by atoms with E-state index in [9.17, 15) is 14.4 Å². The first-order chi connectivity index (χ1) is 10.5. The predicted octanol–water partition coefficient (Wildman–Crippen LogP) is 1.32. The highest BCUT2D eigenvalue weighted by molar-refractivity contribution is 5.82. The van der Waals surface area contributed by atoms with Crippen LogP contribution >= 0.6 is 0 Å². The number of hydrogen-bond acceptors (Lipinski definition) is 3. The zero-order chi connectivity index (χ0) is 16.1. The maximum Gasteiger partial charge on any atom is 0.305 e. The second-order valence-electron chi connectivity index (χ2n) is 4.94. The molecule has 1 aromatic carbocycles. The largest absolute Gasteiger partial charge is 0.481 e. The second kappa shape index (κ2) is 6.89. The molecule has 1 heterocycles. The molecule has 1 N–H and O–H groups in total. The van der Waals surface area contributed by atoms with Crippen LogP contribution in [0.25, 0.3) is 10.9 Å².